The zero-order valence-corrected chi connectivity index (χ0v) is 12.4. The maximum atomic E-state index is 12.0. The largest absolute Gasteiger partial charge is 0.480 e. The van der Waals surface area contributed by atoms with Crippen LogP contribution in [-0.2, 0) is 33.4 Å². The van der Waals surface area contributed by atoms with Gasteiger partial charge in [-0.1, -0.05) is 6.58 Å². The molecule has 4 bridgehead atoms. The highest BCUT2D eigenvalue weighted by molar-refractivity contribution is 6.01. The van der Waals surface area contributed by atoms with Gasteiger partial charge in [-0.2, -0.15) is 0 Å². The zero-order chi connectivity index (χ0) is 16.9. The van der Waals surface area contributed by atoms with Gasteiger partial charge in [-0.3, -0.25) is 9.59 Å². The van der Waals surface area contributed by atoms with Crippen molar-refractivity contribution in [3.05, 3.63) is 12.2 Å². The number of carbonyl (C=O) groups is 4. The molecule has 4 aliphatic rings. The fraction of sp³-hybridized carbons (Fsp3) is 0.600. The number of hydrogen-bond donors (Lipinski definition) is 1. The number of ether oxygens (including phenoxy) is 3. The van der Waals surface area contributed by atoms with E-state index in [4.69, 9.17) is 14.2 Å². The van der Waals surface area contributed by atoms with Crippen molar-refractivity contribution >= 4 is 23.9 Å². The second kappa shape index (κ2) is 5.07. The number of carboxylic acid groups (broad SMARTS) is 1. The number of aliphatic carboxylic acids is 1. The molecular weight excluding hydrogens is 308 g/mol. The van der Waals surface area contributed by atoms with Gasteiger partial charge in [0.25, 0.3) is 0 Å². The van der Waals surface area contributed by atoms with Crippen LogP contribution in [0.5, 0.6) is 0 Å². The Kier molecular flexibility index (Phi) is 3.42. The van der Waals surface area contributed by atoms with Gasteiger partial charge >= 0.3 is 23.9 Å². The molecule has 4 fully saturated rings. The number of rotatable bonds is 5. The lowest BCUT2D eigenvalue weighted by molar-refractivity contribution is -0.218. The molecule has 0 aromatic carbocycles. The average Bonchev–Trinajstić information content (AvgIpc) is 2.99. The van der Waals surface area contributed by atoms with Crippen LogP contribution in [0.3, 0.4) is 0 Å². The Labute approximate surface area is 131 Å². The van der Waals surface area contributed by atoms with E-state index in [1.54, 1.807) is 0 Å². The first-order valence-corrected chi connectivity index (χ1v) is 7.24. The molecule has 2 heterocycles. The molecule has 2 aliphatic carbocycles. The summed E-state index contributed by atoms with van der Waals surface area (Å²) in [5, 5.41) is 9.45. The van der Waals surface area contributed by atoms with Crippen LogP contribution in [0, 0.1) is 17.3 Å². The fourth-order valence-electron chi connectivity index (χ4n) is 3.88. The van der Waals surface area contributed by atoms with Crippen molar-refractivity contribution in [2.24, 2.45) is 17.3 Å². The van der Waals surface area contributed by atoms with Crippen LogP contribution in [0.4, 0.5) is 0 Å². The lowest BCUT2D eigenvalue weighted by atomic mass is 9.68. The van der Waals surface area contributed by atoms with Crippen LogP contribution >= 0.6 is 0 Å². The topological polar surface area (TPSA) is 116 Å². The normalized spacial score (nSPS) is 36.5. The van der Waals surface area contributed by atoms with Gasteiger partial charge in [0.1, 0.15) is 12.2 Å². The summed E-state index contributed by atoms with van der Waals surface area (Å²) in [7, 11) is 0. The predicted octanol–water partition coefficient (Wildman–Crippen LogP) is 0.0537. The van der Waals surface area contributed by atoms with Gasteiger partial charge in [0.05, 0.1) is 0 Å². The third kappa shape index (κ3) is 2.12. The highest BCUT2D eigenvalue weighted by atomic mass is 16.6. The maximum absolute atomic E-state index is 12.0. The highest BCUT2D eigenvalue weighted by Crippen LogP contribution is 2.62. The summed E-state index contributed by atoms with van der Waals surface area (Å²) in [5.74, 6) is -4.25. The summed E-state index contributed by atoms with van der Waals surface area (Å²) in [5.41, 5.74) is -1.48. The second-order valence-electron chi connectivity index (χ2n) is 6.26. The van der Waals surface area contributed by atoms with E-state index in [0.717, 1.165) is 0 Å². The first kappa shape index (κ1) is 15.5. The van der Waals surface area contributed by atoms with E-state index in [-0.39, 0.29) is 17.9 Å². The Balaban J connectivity index is 1.68. The Bertz CT molecular complexity index is 623. The lowest BCUT2D eigenvalue weighted by Gasteiger charge is -2.45. The Hall–Kier alpha value is -2.38. The minimum Gasteiger partial charge on any atom is -0.480 e. The van der Waals surface area contributed by atoms with Crippen molar-refractivity contribution in [3.8, 4) is 0 Å². The summed E-state index contributed by atoms with van der Waals surface area (Å²) in [4.78, 5) is 46.6. The van der Waals surface area contributed by atoms with E-state index in [1.165, 1.54) is 6.92 Å². The van der Waals surface area contributed by atoms with Gasteiger partial charge in [0.15, 0.2) is 12.0 Å². The molecule has 1 N–H and O–H groups in total. The van der Waals surface area contributed by atoms with Gasteiger partial charge in [-0.05, 0) is 19.8 Å². The third-order valence-electron chi connectivity index (χ3n) is 4.88. The molecule has 0 radical (unpaired) electrons. The molecule has 0 aromatic rings. The summed E-state index contributed by atoms with van der Waals surface area (Å²) in [6.45, 7) is 4.23. The zero-order valence-electron chi connectivity index (χ0n) is 12.4. The molecule has 124 valence electrons. The van der Waals surface area contributed by atoms with Crippen LogP contribution < -0.4 is 0 Å². The SMILES string of the molecule is C=C(C)C(=O)OCC(=O)OC1C2OC(=O)C3(C(=O)O)CC2CC13. The molecule has 5 unspecified atom stereocenters. The maximum Gasteiger partial charge on any atom is 0.344 e. The molecule has 2 aliphatic heterocycles. The van der Waals surface area contributed by atoms with Crippen LogP contribution in [0.25, 0.3) is 0 Å². The van der Waals surface area contributed by atoms with Crippen molar-refractivity contribution < 1.29 is 38.5 Å². The van der Waals surface area contributed by atoms with E-state index in [0.29, 0.717) is 6.42 Å². The number of carbonyl (C=O) groups excluding carboxylic acids is 3. The second-order valence-corrected chi connectivity index (χ2v) is 6.26. The number of fused-ring (bicyclic) bond motifs is 1. The summed E-state index contributed by atoms with van der Waals surface area (Å²) in [6, 6.07) is 0. The fourth-order valence-corrected chi connectivity index (χ4v) is 3.88. The first-order chi connectivity index (χ1) is 10.8. The van der Waals surface area contributed by atoms with Crippen LogP contribution in [-0.4, -0.2) is 47.8 Å². The molecule has 4 rings (SSSR count). The van der Waals surface area contributed by atoms with Crippen molar-refractivity contribution in [3.63, 3.8) is 0 Å². The molecule has 0 amide bonds. The summed E-state index contributed by atoms with van der Waals surface area (Å²) >= 11 is 0. The minimum absolute atomic E-state index is 0.121. The molecule has 2 saturated heterocycles. The Morgan fingerprint density at radius 1 is 1.43 bits per heavy atom. The Morgan fingerprint density at radius 3 is 2.74 bits per heavy atom. The van der Waals surface area contributed by atoms with E-state index < -0.39 is 54.0 Å². The molecular formula is C15H16O8. The molecule has 23 heavy (non-hydrogen) atoms. The smallest absolute Gasteiger partial charge is 0.344 e. The molecule has 0 aromatic heterocycles. The first-order valence-electron chi connectivity index (χ1n) is 7.24. The molecule has 5 atom stereocenters. The average molecular weight is 324 g/mol. The van der Waals surface area contributed by atoms with E-state index in [2.05, 4.69) is 6.58 Å². The van der Waals surface area contributed by atoms with E-state index in [9.17, 15) is 24.3 Å². The third-order valence-corrected chi connectivity index (χ3v) is 4.88. The van der Waals surface area contributed by atoms with Gasteiger partial charge in [0.2, 0.25) is 0 Å². The number of esters is 3. The summed E-state index contributed by atoms with van der Waals surface area (Å²) < 4.78 is 15.1. The minimum atomic E-state index is -1.63. The molecule has 8 heteroatoms. The monoisotopic (exact) mass is 324 g/mol. The highest BCUT2D eigenvalue weighted by Gasteiger charge is 2.74. The molecule has 0 spiro atoms. The van der Waals surface area contributed by atoms with Gasteiger partial charge in [0, 0.05) is 17.4 Å². The van der Waals surface area contributed by atoms with Crippen molar-refractivity contribution in [1.29, 1.82) is 0 Å². The van der Waals surface area contributed by atoms with Crippen LogP contribution in [0.15, 0.2) is 12.2 Å². The van der Waals surface area contributed by atoms with Crippen molar-refractivity contribution in [2.45, 2.75) is 32.0 Å². The van der Waals surface area contributed by atoms with E-state index in [1.807, 2.05) is 0 Å². The van der Waals surface area contributed by atoms with Crippen molar-refractivity contribution in [1.82, 2.24) is 0 Å². The van der Waals surface area contributed by atoms with Gasteiger partial charge in [-0.25, -0.2) is 9.59 Å². The van der Waals surface area contributed by atoms with E-state index >= 15 is 0 Å². The standard InChI is InChI=1S/C15H16O8/c1-6(2)12(17)21-5-9(16)22-11-8-3-7-4-15(8,13(18)19)14(20)23-10(7)11/h7-8,10-11H,1,3-5H2,2H3,(H,18,19). The number of carboxylic acids is 1. The van der Waals surface area contributed by atoms with Gasteiger partial charge in [-0.15, -0.1) is 0 Å². The van der Waals surface area contributed by atoms with Gasteiger partial charge < -0.3 is 19.3 Å². The Morgan fingerprint density at radius 2 is 2.13 bits per heavy atom. The number of hydrogen-bond acceptors (Lipinski definition) is 7. The summed E-state index contributed by atoms with van der Waals surface area (Å²) in [6.07, 6.45) is -0.741. The molecule has 2 saturated carbocycles. The lowest BCUT2D eigenvalue weighted by Crippen LogP contribution is -2.61. The van der Waals surface area contributed by atoms with Crippen LogP contribution in [0.2, 0.25) is 0 Å². The van der Waals surface area contributed by atoms with Crippen LogP contribution in [0.1, 0.15) is 19.8 Å². The van der Waals surface area contributed by atoms with Crippen molar-refractivity contribution in [2.75, 3.05) is 6.61 Å². The predicted molar refractivity (Wildman–Crippen MR) is 71.8 cm³/mol. The quantitative estimate of drug-likeness (QED) is 0.326. The molecule has 8 nitrogen and oxygen atoms in total.